The van der Waals surface area contributed by atoms with Gasteiger partial charge < -0.3 is 9.88 Å². The Bertz CT molecular complexity index is 1040. The molecule has 0 saturated heterocycles. The van der Waals surface area contributed by atoms with Crippen molar-refractivity contribution in [2.45, 2.75) is 12.6 Å². The predicted octanol–water partition coefficient (Wildman–Crippen LogP) is 0.829. The van der Waals surface area contributed by atoms with Gasteiger partial charge in [0, 0.05) is 36.7 Å². The first-order chi connectivity index (χ1) is 12.4. The molecule has 0 aliphatic rings. The van der Waals surface area contributed by atoms with Gasteiger partial charge in [0.05, 0.1) is 0 Å². The van der Waals surface area contributed by atoms with Gasteiger partial charge in [-0.15, -0.1) is 0 Å². The Morgan fingerprint density at radius 1 is 1.23 bits per heavy atom. The van der Waals surface area contributed by atoms with E-state index in [4.69, 9.17) is 11.6 Å². The van der Waals surface area contributed by atoms with Crippen molar-refractivity contribution in [1.29, 1.82) is 0 Å². The van der Waals surface area contributed by atoms with Gasteiger partial charge in [0.1, 0.15) is 18.4 Å². The minimum absolute atomic E-state index is 0.232. The number of carbonyl (C=O) groups excluding carboxylic acids is 1. The zero-order chi connectivity index (χ0) is 18.7. The van der Waals surface area contributed by atoms with E-state index in [9.17, 15) is 14.4 Å². The van der Waals surface area contributed by atoms with E-state index in [-0.39, 0.29) is 6.54 Å². The highest BCUT2D eigenvalue weighted by molar-refractivity contribution is 6.30. The van der Waals surface area contributed by atoms with Crippen molar-refractivity contribution in [2.24, 2.45) is 7.05 Å². The summed E-state index contributed by atoms with van der Waals surface area (Å²) in [5.41, 5.74) is -0.364. The largest absolute Gasteiger partial charge is 0.341 e. The van der Waals surface area contributed by atoms with Gasteiger partial charge in [0.15, 0.2) is 0 Å². The number of nitrogens with one attached hydrogen (secondary N) is 2. The number of aryl methyl sites for hydroxylation is 1. The summed E-state index contributed by atoms with van der Waals surface area (Å²) in [5.74, 6) is 0.233. The monoisotopic (exact) mass is 373 g/mol. The summed E-state index contributed by atoms with van der Waals surface area (Å²) in [6.45, 7) is -0.232. The Kier molecular flexibility index (Phi) is 5.04. The smallest absolute Gasteiger partial charge is 0.328 e. The van der Waals surface area contributed by atoms with Crippen LogP contribution < -0.4 is 16.6 Å². The van der Waals surface area contributed by atoms with E-state index in [1.165, 1.54) is 12.3 Å². The third-order valence-electron chi connectivity index (χ3n) is 3.84. The van der Waals surface area contributed by atoms with Crippen LogP contribution in [0.1, 0.15) is 17.4 Å². The molecule has 0 fully saturated rings. The minimum Gasteiger partial charge on any atom is -0.341 e. The quantitative estimate of drug-likeness (QED) is 0.691. The van der Waals surface area contributed by atoms with Crippen LogP contribution in [0, 0.1) is 0 Å². The number of halogens is 1. The van der Waals surface area contributed by atoms with Crippen molar-refractivity contribution in [2.75, 3.05) is 0 Å². The molecule has 1 atom stereocenters. The van der Waals surface area contributed by atoms with Crippen molar-refractivity contribution in [3.8, 4) is 0 Å². The molecule has 0 unspecified atom stereocenters. The first-order valence-corrected chi connectivity index (χ1v) is 8.13. The maximum atomic E-state index is 12.5. The lowest BCUT2D eigenvalue weighted by molar-refractivity contribution is -0.122. The van der Waals surface area contributed by atoms with Gasteiger partial charge in [-0.3, -0.25) is 19.1 Å². The second kappa shape index (κ2) is 7.40. The first kappa shape index (κ1) is 17.7. The number of carbonyl (C=O) groups is 1. The summed E-state index contributed by atoms with van der Waals surface area (Å²) in [7, 11) is 1.82. The number of aromatic amines is 1. The molecule has 2 aromatic heterocycles. The SMILES string of the molecule is Cn1ccnc1[C@H](NC(=O)Cn1ccc(=O)[nH]c1=O)c1ccc(Cl)cc1. The third-order valence-corrected chi connectivity index (χ3v) is 4.09. The number of hydrogen-bond acceptors (Lipinski definition) is 4. The number of H-pyrrole nitrogens is 1. The molecule has 0 radical (unpaired) electrons. The van der Waals surface area contributed by atoms with Crippen molar-refractivity contribution >= 4 is 17.5 Å². The fraction of sp³-hybridized carbons (Fsp3) is 0.176. The number of nitrogens with zero attached hydrogens (tertiary/aromatic N) is 3. The van der Waals surface area contributed by atoms with E-state index in [0.29, 0.717) is 10.8 Å². The molecule has 0 aliphatic heterocycles. The molecule has 0 aliphatic carbocycles. The number of benzene rings is 1. The summed E-state index contributed by atoms with van der Waals surface area (Å²) in [5, 5.41) is 3.45. The highest BCUT2D eigenvalue weighted by Gasteiger charge is 2.21. The molecule has 2 N–H and O–H groups in total. The maximum Gasteiger partial charge on any atom is 0.328 e. The van der Waals surface area contributed by atoms with Crippen LogP contribution in [0.4, 0.5) is 0 Å². The van der Waals surface area contributed by atoms with E-state index in [2.05, 4.69) is 15.3 Å². The molecule has 1 amide bonds. The summed E-state index contributed by atoms with van der Waals surface area (Å²) >= 11 is 5.94. The Morgan fingerprint density at radius 3 is 2.58 bits per heavy atom. The number of hydrogen-bond donors (Lipinski definition) is 2. The zero-order valence-corrected chi connectivity index (χ0v) is 14.6. The number of amides is 1. The topological polar surface area (TPSA) is 102 Å². The lowest BCUT2D eigenvalue weighted by Gasteiger charge is -2.19. The zero-order valence-electron chi connectivity index (χ0n) is 13.8. The van der Waals surface area contributed by atoms with E-state index in [1.54, 1.807) is 41.2 Å². The molecule has 1 aromatic carbocycles. The lowest BCUT2D eigenvalue weighted by atomic mass is 10.1. The Balaban J connectivity index is 1.87. The molecule has 134 valence electrons. The lowest BCUT2D eigenvalue weighted by Crippen LogP contribution is -2.37. The molecule has 8 nitrogen and oxygen atoms in total. The standard InChI is InChI=1S/C17H16ClN5O3/c1-22-9-7-19-16(22)15(11-2-4-12(18)5-3-11)20-14(25)10-23-8-6-13(24)21-17(23)26/h2-9,15H,10H2,1H3,(H,20,25)(H,21,24,26)/t15-/m1/s1. The average molecular weight is 374 g/mol. The van der Waals surface area contributed by atoms with Crippen LogP contribution in [0.15, 0.2) is 58.5 Å². The van der Waals surface area contributed by atoms with Crippen LogP contribution in [0.25, 0.3) is 0 Å². The van der Waals surface area contributed by atoms with E-state index in [1.807, 2.05) is 7.05 Å². The maximum absolute atomic E-state index is 12.5. The highest BCUT2D eigenvalue weighted by Crippen LogP contribution is 2.22. The molecule has 0 saturated carbocycles. The van der Waals surface area contributed by atoms with Crippen molar-refractivity contribution < 1.29 is 4.79 Å². The van der Waals surface area contributed by atoms with Gasteiger partial charge in [0.2, 0.25) is 5.91 Å². The van der Waals surface area contributed by atoms with Crippen LogP contribution in [0.2, 0.25) is 5.02 Å². The van der Waals surface area contributed by atoms with Crippen LogP contribution >= 0.6 is 11.6 Å². The molecule has 9 heteroatoms. The molecule has 26 heavy (non-hydrogen) atoms. The van der Waals surface area contributed by atoms with Crippen molar-refractivity contribution in [3.05, 3.63) is 86.2 Å². The second-order valence-electron chi connectivity index (χ2n) is 5.69. The number of imidazole rings is 1. The summed E-state index contributed by atoms with van der Waals surface area (Å²) in [4.78, 5) is 41.8. The molecule has 0 spiro atoms. The van der Waals surface area contributed by atoms with Crippen molar-refractivity contribution in [3.63, 3.8) is 0 Å². The normalized spacial score (nSPS) is 11.9. The highest BCUT2D eigenvalue weighted by atomic mass is 35.5. The molecule has 0 bridgehead atoms. The summed E-state index contributed by atoms with van der Waals surface area (Å²) < 4.78 is 2.92. The average Bonchev–Trinajstić information content (AvgIpc) is 3.02. The van der Waals surface area contributed by atoms with E-state index >= 15 is 0 Å². The first-order valence-electron chi connectivity index (χ1n) is 7.76. The van der Waals surface area contributed by atoms with Gasteiger partial charge in [-0.25, -0.2) is 9.78 Å². The van der Waals surface area contributed by atoms with Crippen LogP contribution in [-0.2, 0) is 18.4 Å². The number of aromatic nitrogens is 4. The molecule has 3 aromatic rings. The van der Waals surface area contributed by atoms with E-state index in [0.717, 1.165) is 10.1 Å². The predicted molar refractivity (Wildman–Crippen MR) is 96.0 cm³/mol. The summed E-state index contributed by atoms with van der Waals surface area (Å²) in [6.07, 6.45) is 4.69. The fourth-order valence-corrected chi connectivity index (χ4v) is 2.66. The molecule has 2 heterocycles. The second-order valence-corrected chi connectivity index (χ2v) is 6.12. The summed E-state index contributed by atoms with van der Waals surface area (Å²) in [6, 6.07) is 7.72. The van der Waals surface area contributed by atoms with Gasteiger partial charge in [-0.1, -0.05) is 23.7 Å². The van der Waals surface area contributed by atoms with Crippen LogP contribution in [-0.4, -0.2) is 25.0 Å². The Labute approximate surface area is 153 Å². The number of rotatable bonds is 5. The fourth-order valence-electron chi connectivity index (χ4n) is 2.54. The van der Waals surface area contributed by atoms with Gasteiger partial charge in [0.25, 0.3) is 5.56 Å². The molecule has 3 rings (SSSR count). The molecular weight excluding hydrogens is 358 g/mol. The Hall–Kier alpha value is -3.13. The third kappa shape index (κ3) is 3.92. The Morgan fingerprint density at radius 2 is 1.96 bits per heavy atom. The van der Waals surface area contributed by atoms with Gasteiger partial charge in [-0.05, 0) is 17.7 Å². The van der Waals surface area contributed by atoms with Crippen LogP contribution in [0.5, 0.6) is 0 Å². The van der Waals surface area contributed by atoms with E-state index < -0.39 is 23.2 Å². The van der Waals surface area contributed by atoms with Gasteiger partial charge >= 0.3 is 5.69 Å². The van der Waals surface area contributed by atoms with Crippen molar-refractivity contribution in [1.82, 2.24) is 24.4 Å². The van der Waals surface area contributed by atoms with Crippen LogP contribution in [0.3, 0.4) is 0 Å². The van der Waals surface area contributed by atoms with Gasteiger partial charge in [-0.2, -0.15) is 0 Å². The molecular formula is C17H16ClN5O3. The minimum atomic E-state index is -0.646.